The lowest BCUT2D eigenvalue weighted by Gasteiger charge is -2.05. The Labute approximate surface area is 94.3 Å². The Morgan fingerprint density at radius 2 is 2.06 bits per heavy atom. The maximum atomic E-state index is 12.7. The number of aromatic nitrogens is 1. The Morgan fingerprint density at radius 3 is 2.81 bits per heavy atom. The Morgan fingerprint density at radius 1 is 1.19 bits per heavy atom. The molecule has 0 spiro atoms. The first kappa shape index (κ1) is 12.9. The smallest absolute Gasteiger partial charge is 0.216 e. The van der Waals surface area contributed by atoms with E-state index in [-0.39, 0.29) is 0 Å². The van der Waals surface area contributed by atoms with Gasteiger partial charge in [0.2, 0.25) is 11.8 Å². The van der Waals surface area contributed by atoms with Gasteiger partial charge in [0.05, 0.1) is 19.8 Å². The van der Waals surface area contributed by atoms with E-state index in [0.717, 1.165) is 6.42 Å². The van der Waals surface area contributed by atoms with E-state index in [9.17, 15) is 4.39 Å². The number of halogens is 1. The number of nitrogens with zero attached hydrogens (tertiary/aromatic N) is 1. The molecular weight excluding hydrogens is 213 g/mol. The van der Waals surface area contributed by atoms with Crippen molar-refractivity contribution in [3.8, 4) is 5.88 Å². The maximum absolute atomic E-state index is 12.7. The second kappa shape index (κ2) is 8.01. The minimum atomic E-state index is -0.533. The SMILES string of the molecule is COCCOCCCOc1cccc(F)n1. The molecule has 0 atom stereocenters. The Balaban J connectivity index is 2.03. The van der Waals surface area contributed by atoms with Gasteiger partial charge in [-0.25, -0.2) is 0 Å². The maximum Gasteiger partial charge on any atom is 0.216 e. The van der Waals surface area contributed by atoms with Crippen LogP contribution in [0.1, 0.15) is 6.42 Å². The summed E-state index contributed by atoms with van der Waals surface area (Å²) in [6, 6.07) is 4.46. The lowest BCUT2D eigenvalue weighted by molar-refractivity contribution is 0.0641. The van der Waals surface area contributed by atoms with Crippen LogP contribution < -0.4 is 4.74 Å². The molecule has 1 aromatic heterocycles. The van der Waals surface area contributed by atoms with Crippen molar-refractivity contribution in [3.05, 3.63) is 24.1 Å². The average molecular weight is 229 g/mol. The molecule has 0 radical (unpaired) electrons. The van der Waals surface area contributed by atoms with E-state index in [1.165, 1.54) is 6.07 Å². The summed E-state index contributed by atoms with van der Waals surface area (Å²) in [5.41, 5.74) is 0. The van der Waals surface area contributed by atoms with Crippen molar-refractivity contribution >= 4 is 0 Å². The number of ether oxygens (including phenoxy) is 3. The fraction of sp³-hybridized carbons (Fsp3) is 0.545. The Kier molecular flexibility index (Phi) is 6.44. The summed E-state index contributed by atoms with van der Waals surface area (Å²) >= 11 is 0. The fourth-order valence-corrected chi connectivity index (χ4v) is 1.05. The summed E-state index contributed by atoms with van der Waals surface area (Å²) in [4.78, 5) is 3.57. The summed E-state index contributed by atoms with van der Waals surface area (Å²) in [5, 5.41) is 0. The van der Waals surface area contributed by atoms with Gasteiger partial charge in [-0.15, -0.1) is 0 Å². The van der Waals surface area contributed by atoms with Crippen LogP contribution >= 0.6 is 0 Å². The van der Waals surface area contributed by atoms with Crippen molar-refractivity contribution in [1.29, 1.82) is 0 Å². The van der Waals surface area contributed by atoms with E-state index in [4.69, 9.17) is 14.2 Å². The molecule has 0 aliphatic carbocycles. The Bertz CT molecular complexity index is 296. The molecule has 0 aliphatic heterocycles. The van der Waals surface area contributed by atoms with E-state index in [0.29, 0.717) is 32.3 Å². The van der Waals surface area contributed by atoms with Crippen LogP contribution in [-0.4, -0.2) is 38.5 Å². The van der Waals surface area contributed by atoms with Crippen molar-refractivity contribution in [1.82, 2.24) is 4.98 Å². The molecule has 0 amide bonds. The van der Waals surface area contributed by atoms with Gasteiger partial charge < -0.3 is 14.2 Å². The number of methoxy groups -OCH3 is 1. The molecule has 0 aliphatic rings. The van der Waals surface area contributed by atoms with E-state index < -0.39 is 5.95 Å². The van der Waals surface area contributed by atoms with Crippen LogP contribution in [0.25, 0.3) is 0 Å². The first-order valence-electron chi connectivity index (χ1n) is 5.15. The third-order valence-electron chi connectivity index (χ3n) is 1.80. The number of hydrogen-bond donors (Lipinski definition) is 0. The van der Waals surface area contributed by atoms with Crippen LogP contribution in [0.3, 0.4) is 0 Å². The molecule has 1 rings (SSSR count). The zero-order valence-electron chi connectivity index (χ0n) is 9.32. The van der Waals surface area contributed by atoms with Gasteiger partial charge in [-0.05, 0) is 6.07 Å². The summed E-state index contributed by atoms with van der Waals surface area (Å²) in [6.07, 6.45) is 0.738. The van der Waals surface area contributed by atoms with Gasteiger partial charge in [-0.3, -0.25) is 0 Å². The number of pyridine rings is 1. The average Bonchev–Trinajstić information content (AvgIpc) is 2.28. The second-order valence-corrected chi connectivity index (χ2v) is 3.11. The van der Waals surface area contributed by atoms with E-state index in [1.54, 1.807) is 19.2 Å². The van der Waals surface area contributed by atoms with Crippen LogP contribution in [0.5, 0.6) is 5.88 Å². The van der Waals surface area contributed by atoms with Crippen LogP contribution in [-0.2, 0) is 9.47 Å². The molecule has 0 aromatic carbocycles. The van der Waals surface area contributed by atoms with Crippen molar-refractivity contribution < 1.29 is 18.6 Å². The van der Waals surface area contributed by atoms with Crippen LogP contribution in [0.4, 0.5) is 4.39 Å². The monoisotopic (exact) mass is 229 g/mol. The Hall–Kier alpha value is -1.20. The van der Waals surface area contributed by atoms with Gasteiger partial charge in [-0.1, -0.05) is 6.07 Å². The predicted octanol–water partition coefficient (Wildman–Crippen LogP) is 1.65. The molecule has 0 fully saturated rings. The van der Waals surface area contributed by atoms with E-state index in [1.807, 2.05) is 0 Å². The fourth-order valence-electron chi connectivity index (χ4n) is 1.05. The topological polar surface area (TPSA) is 40.6 Å². The standard InChI is InChI=1S/C11H16FNO3/c1-14-8-9-15-6-3-7-16-11-5-2-4-10(12)13-11/h2,4-5H,3,6-9H2,1H3. The molecule has 4 nitrogen and oxygen atoms in total. The third-order valence-corrected chi connectivity index (χ3v) is 1.80. The molecule has 16 heavy (non-hydrogen) atoms. The molecule has 0 unspecified atom stereocenters. The van der Waals surface area contributed by atoms with Crippen LogP contribution in [0.15, 0.2) is 18.2 Å². The number of hydrogen-bond acceptors (Lipinski definition) is 4. The third kappa shape index (κ3) is 5.63. The lowest BCUT2D eigenvalue weighted by atomic mass is 10.4. The normalized spacial score (nSPS) is 10.4. The van der Waals surface area contributed by atoms with Crippen LogP contribution in [0.2, 0.25) is 0 Å². The summed E-state index contributed by atoms with van der Waals surface area (Å²) in [7, 11) is 1.63. The van der Waals surface area contributed by atoms with E-state index in [2.05, 4.69) is 4.98 Å². The zero-order valence-corrected chi connectivity index (χ0v) is 9.32. The largest absolute Gasteiger partial charge is 0.478 e. The van der Waals surface area contributed by atoms with Gasteiger partial charge in [-0.2, -0.15) is 9.37 Å². The molecule has 5 heteroatoms. The molecule has 90 valence electrons. The highest BCUT2D eigenvalue weighted by atomic mass is 19.1. The molecule has 1 aromatic rings. The first-order chi connectivity index (χ1) is 7.83. The molecule has 0 bridgehead atoms. The van der Waals surface area contributed by atoms with Gasteiger partial charge in [0.15, 0.2) is 0 Å². The second-order valence-electron chi connectivity index (χ2n) is 3.11. The summed E-state index contributed by atoms with van der Waals surface area (Å²) in [5.74, 6) is -0.231. The van der Waals surface area contributed by atoms with Crippen LogP contribution in [0, 0.1) is 5.95 Å². The highest BCUT2D eigenvalue weighted by molar-refractivity contribution is 5.10. The lowest BCUT2D eigenvalue weighted by Crippen LogP contribution is -2.07. The summed E-state index contributed by atoms with van der Waals surface area (Å²) < 4.78 is 27.9. The molecule has 0 N–H and O–H groups in total. The van der Waals surface area contributed by atoms with Gasteiger partial charge >= 0.3 is 0 Å². The molecule has 0 saturated heterocycles. The van der Waals surface area contributed by atoms with Gasteiger partial charge in [0.1, 0.15) is 0 Å². The van der Waals surface area contributed by atoms with E-state index >= 15 is 0 Å². The number of rotatable bonds is 8. The summed E-state index contributed by atoms with van der Waals surface area (Å²) in [6.45, 7) is 2.23. The molecule has 0 saturated carbocycles. The van der Waals surface area contributed by atoms with Gasteiger partial charge in [0, 0.05) is 26.2 Å². The molecular formula is C11H16FNO3. The van der Waals surface area contributed by atoms with Crippen molar-refractivity contribution in [2.45, 2.75) is 6.42 Å². The quantitative estimate of drug-likeness (QED) is 0.502. The zero-order chi connectivity index (χ0) is 11.6. The minimum Gasteiger partial charge on any atom is -0.478 e. The molecule has 1 heterocycles. The van der Waals surface area contributed by atoms with Gasteiger partial charge in [0.25, 0.3) is 0 Å². The van der Waals surface area contributed by atoms with Crippen molar-refractivity contribution in [2.24, 2.45) is 0 Å². The highest BCUT2D eigenvalue weighted by Gasteiger charge is 1.97. The van der Waals surface area contributed by atoms with Crippen molar-refractivity contribution in [2.75, 3.05) is 33.5 Å². The highest BCUT2D eigenvalue weighted by Crippen LogP contribution is 2.06. The predicted molar refractivity (Wildman–Crippen MR) is 57.0 cm³/mol. The minimum absolute atomic E-state index is 0.303. The van der Waals surface area contributed by atoms with Crippen molar-refractivity contribution in [3.63, 3.8) is 0 Å². The first-order valence-corrected chi connectivity index (χ1v) is 5.15.